The highest BCUT2D eigenvalue weighted by molar-refractivity contribution is 5.89. The van der Waals surface area contributed by atoms with Crippen LogP contribution in [0.2, 0.25) is 0 Å². The van der Waals surface area contributed by atoms with Crippen molar-refractivity contribution in [1.82, 2.24) is 10.3 Å². The van der Waals surface area contributed by atoms with Gasteiger partial charge in [0, 0.05) is 18.8 Å². The van der Waals surface area contributed by atoms with Gasteiger partial charge in [-0.2, -0.15) is 0 Å². The van der Waals surface area contributed by atoms with Gasteiger partial charge in [0.25, 0.3) is 5.91 Å². The Morgan fingerprint density at radius 3 is 2.96 bits per heavy atom. The van der Waals surface area contributed by atoms with Crippen LogP contribution < -0.4 is 5.32 Å². The second kappa shape index (κ2) is 9.56. The molecule has 1 aromatic rings. The van der Waals surface area contributed by atoms with Gasteiger partial charge in [-0.05, 0) is 50.3 Å². The minimum Gasteiger partial charge on any atom is -0.452 e. The maximum absolute atomic E-state index is 11.6. The lowest BCUT2D eigenvalue weighted by atomic mass is 9.97. The van der Waals surface area contributed by atoms with E-state index in [0.29, 0.717) is 12.2 Å². The zero-order valence-corrected chi connectivity index (χ0v) is 13.2. The Balaban J connectivity index is 1.61. The fraction of sp³-hybridized carbons (Fsp3) is 0.389. The highest BCUT2D eigenvalue weighted by Gasteiger charge is 2.07. The summed E-state index contributed by atoms with van der Waals surface area (Å²) >= 11 is 0. The average molecular weight is 314 g/mol. The summed E-state index contributed by atoms with van der Waals surface area (Å²) in [6.45, 7) is 0.330. The van der Waals surface area contributed by atoms with E-state index < -0.39 is 5.97 Å². The van der Waals surface area contributed by atoms with Crippen molar-refractivity contribution in [3.63, 3.8) is 0 Å². The van der Waals surface area contributed by atoms with Crippen LogP contribution in [0.15, 0.2) is 42.1 Å². The summed E-state index contributed by atoms with van der Waals surface area (Å²) in [4.78, 5) is 27.2. The fourth-order valence-corrected chi connectivity index (χ4v) is 2.36. The van der Waals surface area contributed by atoms with Gasteiger partial charge in [-0.15, -0.1) is 0 Å². The van der Waals surface area contributed by atoms with E-state index in [-0.39, 0.29) is 12.5 Å². The molecule has 0 spiro atoms. The van der Waals surface area contributed by atoms with Gasteiger partial charge in [0.05, 0.1) is 5.69 Å². The molecule has 0 saturated heterocycles. The topological polar surface area (TPSA) is 68.3 Å². The van der Waals surface area contributed by atoms with Gasteiger partial charge in [-0.1, -0.05) is 17.7 Å². The number of hydrogen-bond donors (Lipinski definition) is 1. The lowest BCUT2D eigenvalue weighted by Crippen LogP contribution is -2.29. The predicted molar refractivity (Wildman–Crippen MR) is 88.4 cm³/mol. The minimum absolute atomic E-state index is 0.259. The van der Waals surface area contributed by atoms with Crippen molar-refractivity contribution in [2.24, 2.45) is 0 Å². The Morgan fingerprint density at radius 1 is 1.30 bits per heavy atom. The molecular weight excluding hydrogens is 292 g/mol. The van der Waals surface area contributed by atoms with E-state index in [1.165, 1.54) is 24.5 Å². The molecule has 0 fully saturated rings. The highest BCUT2D eigenvalue weighted by Crippen LogP contribution is 2.19. The summed E-state index contributed by atoms with van der Waals surface area (Å²) < 4.78 is 4.89. The second-order valence-electron chi connectivity index (χ2n) is 5.40. The van der Waals surface area contributed by atoms with E-state index >= 15 is 0 Å². The molecule has 0 unspecified atom stereocenters. The van der Waals surface area contributed by atoms with Crippen LogP contribution in [0.4, 0.5) is 0 Å². The van der Waals surface area contributed by atoms with Crippen molar-refractivity contribution in [3.8, 4) is 0 Å². The van der Waals surface area contributed by atoms with Crippen LogP contribution >= 0.6 is 0 Å². The number of carbonyl (C=O) groups excluding carboxylic acids is 2. The van der Waals surface area contributed by atoms with Crippen LogP contribution in [0, 0.1) is 0 Å². The number of pyridine rings is 1. The Bertz CT molecular complexity index is 579. The summed E-state index contributed by atoms with van der Waals surface area (Å²) in [6.07, 6.45) is 12.4. The van der Waals surface area contributed by atoms with Crippen LogP contribution in [0.5, 0.6) is 0 Å². The molecule has 1 amide bonds. The van der Waals surface area contributed by atoms with Crippen LogP contribution in [-0.4, -0.2) is 30.0 Å². The third kappa shape index (κ3) is 6.91. The van der Waals surface area contributed by atoms with E-state index in [4.69, 9.17) is 4.74 Å². The molecule has 1 aliphatic rings. The van der Waals surface area contributed by atoms with E-state index in [9.17, 15) is 9.59 Å². The van der Waals surface area contributed by atoms with Crippen LogP contribution in [0.25, 0.3) is 6.08 Å². The summed E-state index contributed by atoms with van der Waals surface area (Å²) in [5.41, 5.74) is 2.07. The zero-order valence-electron chi connectivity index (χ0n) is 13.2. The van der Waals surface area contributed by atoms with Crippen molar-refractivity contribution in [3.05, 3.63) is 47.8 Å². The number of allylic oxidation sites excluding steroid dienone is 1. The van der Waals surface area contributed by atoms with Crippen molar-refractivity contribution >= 4 is 18.0 Å². The molecule has 23 heavy (non-hydrogen) atoms. The molecule has 1 aromatic heterocycles. The van der Waals surface area contributed by atoms with Gasteiger partial charge >= 0.3 is 5.97 Å². The highest BCUT2D eigenvalue weighted by atomic mass is 16.5. The Morgan fingerprint density at radius 2 is 2.22 bits per heavy atom. The van der Waals surface area contributed by atoms with Gasteiger partial charge in [0.1, 0.15) is 0 Å². The standard InChI is InChI=1S/C18H22N2O3/c21-17(20-13-11-15-6-2-1-3-7-15)14-23-18(22)10-9-16-8-4-5-12-19-16/h4-6,8-10,12H,1-3,7,11,13-14H2,(H,20,21)/b10-9+. The zero-order chi connectivity index (χ0) is 16.3. The van der Waals surface area contributed by atoms with Gasteiger partial charge in [-0.25, -0.2) is 4.79 Å². The summed E-state index contributed by atoms with van der Waals surface area (Å²) in [6, 6.07) is 5.40. The smallest absolute Gasteiger partial charge is 0.331 e. The monoisotopic (exact) mass is 314 g/mol. The molecule has 1 heterocycles. The molecule has 1 N–H and O–H groups in total. The predicted octanol–water partition coefficient (Wildman–Crippen LogP) is 2.64. The van der Waals surface area contributed by atoms with E-state index in [2.05, 4.69) is 16.4 Å². The molecule has 0 saturated carbocycles. The van der Waals surface area contributed by atoms with Crippen molar-refractivity contribution < 1.29 is 14.3 Å². The minimum atomic E-state index is -0.555. The first-order valence-electron chi connectivity index (χ1n) is 7.94. The molecule has 0 aromatic carbocycles. The molecule has 0 atom stereocenters. The third-order valence-electron chi connectivity index (χ3n) is 3.58. The first kappa shape index (κ1) is 16.9. The number of nitrogens with zero attached hydrogens (tertiary/aromatic N) is 1. The fourth-order valence-electron chi connectivity index (χ4n) is 2.36. The van der Waals surface area contributed by atoms with Crippen LogP contribution in [0.1, 0.15) is 37.8 Å². The van der Waals surface area contributed by atoms with E-state index in [0.717, 1.165) is 19.3 Å². The summed E-state index contributed by atoms with van der Waals surface area (Å²) in [7, 11) is 0. The molecule has 122 valence electrons. The molecule has 1 aliphatic carbocycles. The van der Waals surface area contributed by atoms with Crippen LogP contribution in [-0.2, 0) is 14.3 Å². The maximum atomic E-state index is 11.6. The lowest BCUT2D eigenvalue weighted by molar-refractivity contribution is -0.143. The Labute approximate surface area is 136 Å². The van der Waals surface area contributed by atoms with Gasteiger partial charge in [0.15, 0.2) is 6.61 Å². The van der Waals surface area contributed by atoms with E-state index in [1.54, 1.807) is 24.4 Å². The van der Waals surface area contributed by atoms with Gasteiger partial charge in [0.2, 0.25) is 0 Å². The quantitative estimate of drug-likeness (QED) is 0.477. The normalized spacial score (nSPS) is 14.3. The summed E-state index contributed by atoms with van der Waals surface area (Å²) in [5.74, 6) is -0.832. The number of nitrogens with one attached hydrogen (secondary N) is 1. The molecule has 2 rings (SSSR count). The molecule has 0 radical (unpaired) electrons. The number of rotatable bonds is 7. The van der Waals surface area contributed by atoms with E-state index in [1.807, 2.05) is 6.07 Å². The maximum Gasteiger partial charge on any atom is 0.331 e. The average Bonchev–Trinajstić information content (AvgIpc) is 2.60. The number of hydrogen-bond acceptors (Lipinski definition) is 4. The van der Waals surface area contributed by atoms with Gasteiger partial charge < -0.3 is 10.1 Å². The SMILES string of the molecule is O=C(COC(=O)/C=C/c1ccccn1)NCCC1=CCCCC1. The number of ether oxygens (including phenoxy) is 1. The molecule has 5 heteroatoms. The van der Waals surface area contributed by atoms with Gasteiger partial charge in [-0.3, -0.25) is 9.78 Å². The number of amides is 1. The third-order valence-corrected chi connectivity index (χ3v) is 3.58. The lowest BCUT2D eigenvalue weighted by Gasteiger charge is -2.12. The Hall–Kier alpha value is -2.43. The first-order valence-corrected chi connectivity index (χ1v) is 7.94. The molecular formula is C18H22N2O3. The van der Waals surface area contributed by atoms with Crippen molar-refractivity contribution in [2.45, 2.75) is 32.1 Å². The number of carbonyl (C=O) groups is 2. The molecule has 5 nitrogen and oxygen atoms in total. The number of aromatic nitrogens is 1. The van der Waals surface area contributed by atoms with Crippen LogP contribution in [0.3, 0.4) is 0 Å². The number of esters is 1. The van der Waals surface area contributed by atoms with Crippen molar-refractivity contribution in [1.29, 1.82) is 0 Å². The summed E-state index contributed by atoms with van der Waals surface area (Å²) in [5, 5.41) is 2.77. The Kier molecular flexibility index (Phi) is 7.04. The first-order chi connectivity index (χ1) is 11.2. The second-order valence-corrected chi connectivity index (χ2v) is 5.40. The molecule has 0 aliphatic heterocycles. The largest absolute Gasteiger partial charge is 0.452 e. The van der Waals surface area contributed by atoms with Crippen molar-refractivity contribution in [2.75, 3.05) is 13.2 Å². The molecule has 0 bridgehead atoms.